The van der Waals surface area contributed by atoms with Gasteiger partial charge >= 0.3 is 0 Å². The van der Waals surface area contributed by atoms with E-state index in [4.69, 9.17) is 5.11 Å². The number of nitrogens with zero attached hydrogens (tertiary/aromatic N) is 3. The van der Waals surface area contributed by atoms with Gasteiger partial charge in [0.25, 0.3) is 0 Å². The van der Waals surface area contributed by atoms with Gasteiger partial charge in [-0.2, -0.15) is 5.10 Å². The van der Waals surface area contributed by atoms with Gasteiger partial charge in [-0.3, -0.25) is 0 Å². The molecule has 0 aliphatic heterocycles. The van der Waals surface area contributed by atoms with Crippen LogP contribution in [0.3, 0.4) is 0 Å². The predicted octanol–water partition coefficient (Wildman–Crippen LogP) is 1.30. The van der Waals surface area contributed by atoms with Crippen molar-refractivity contribution in [3.05, 3.63) is 24.5 Å². The smallest absolute Gasteiger partial charge is 0.157 e. The minimum atomic E-state index is -0.230. The van der Waals surface area contributed by atoms with Crippen molar-refractivity contribution in [2.75, 3.05) is 11.9 Å². The zero-order chi connectivity index (χ0) is 11.4. The highest BCUT2D eigenvalue weighted by Crippen LogP contribution is 2.06. The Hall–Kier alpha value is -1.62. The van der Waals surface area contributed by atoms with Crippen LogP contribution in [-0.4, -0.2) is 32.4 Å². The first-order valence-electron chi connectivity index (χ1n) is 5.48. The second kappa shape index (κ2) is 4.94. The van der Waals surface area contributed by atoms with Crippen molar-refractivity contribution >= 4 is 11.5 Å². The Bertz CT molecular complexity index is 452. The summed E-state index contributed by atoms with van der Waals surface area (Å²) in [5.74, 6) is 0.846. The molecule has 2 N–H and O–H groups in total. The largest absolute Gasteiger partial charge is 0.393 e. The summed E-state index contributed by atoms with van der Waals surface area (Å²) in [4.78, 5) is 4.38. The number of hydrogen-bond donors (Lipinski definition) is 2. The van der Waals surface area contributed by atoms with Crippen LogP contribution in [-0.2, 0) is 0 Å². The molecule has 5 heteroatoms. The number of fused-ring (bicyclic) bond motifs is 1. The molecule has 5 nitrogen and oxygen atoms in total. The van der Waals surface area contributed by atoms with E-state index in [1.165, 1.54) is 0 Å². The third kappa shape index (κ3) is 2.70. The van der Waals surface area contributed by atoms with E-state index in [0.717, 1.165) is 30.9 Å². The molecule has 2 heterocycles. The number of aromatic nitrogens is 3. The van der Waals surface area contributed by atoms with Crippen molar-refractivity contribution in [3.8, 4) is 0 Å². The van der Waals surface area contributed by atoms with Crippen LogP contribution in [0.25, 0.3) is 5.65 Å². The average molecular weight is 220 g/mol. The second-order valence-corrected chi connectivity index (χ2v) is 3.86. The van der Waals surface area contributed by atoms with Crippen LogP contribution < -0.4 is 5.32 Å². The summed E-state index contributed by atoms with van der Waals surface area (Å²) in [7, 11) is 0. The SMILES string of the molecule is CC(O)CCCNc1ccn2nccc2n1. The highest BCUT2D eigenvalue weighted by atomic mass is 16.3. The molecule has 0 amide bonds. The molecule has 2 aromatic heterocycles. The highest BCUT2D eigenvalue weighted by Gasteiger charge is 1.98. The Kier molecular flexibility index (Phi) is 3.36. The lowest BCUT2D eigenvalue weighted by Gasteiger charge is -2.06. The lowest BCUT2D eigenvalue weighted by Crippen LogP contribution is -2.07. The van der Waals surface area contributed by atoms with E-state index in [1.807, 2.05) is 18.3 Å². The third-order valence-electron chi connectivity index (χ3n) is 2.36. The standard InChI is InChI=1S/C11H16N4O/c1-9(16)3-2-6-12-10-5-8-15-11(14-10)4-7-13-15/h4-5,7-9,16H,2-3,6H2,1H3,(H,12,14). The molecule has 1 atom stereocenters. The zero-order valence-electron chi connectivity index (χ0n) is 9.30. The molecule has 0 saturated heterocycles. The Morgan fingerprint density at radius 1 is 1.50 bits per heavy atom. The monoisotopic (exact) mass is 220 g/mol. The Labute approximate surface area is 94.1 Å². The van der Waals surface area contributed by atoms with Gasteiger partial charge in [0.05, 0.1) is 12.3 Å². The Balaban J connectivity index is 1.89. The summed E-state index contributed by atoms with van der Waals surface area (Å²) in [6, 6.07) is 3.75. The molecule has 0 bridgehead atoms. The molecule has 0 aliphatic carbocycles. The lowest BCUT2D eigenvalue weighted by molar-refractivity contribution is 0.183. The van der Waals surface area contributed by atoms with Gasteiger partial charge in [-0.15, -0.1) is 0 Å². The molecular formula is C11H16N4O. The fraction of sp³-hybridized carbons (Fsp3) is 0.455. The molecule has 16 heavy (non-hydrogen) atoms. The third-order valence-corrected chi connectivity index (χ3v) is 2.36. The summed E-state index contributed by atoms with van der Waals surface area (Å²) in [5.41, 5.74) is 0.834. The molecule has 0 saturated carbocycles. The minimum Gasteiger partial charge on any atom is -0.393 e. The first-order chi connectivity index (χ1) is 7.75. The van der Waals surface area contributed by atoms with Gasteiger partial charge < -0.3 is 10.4 Å². The normalized spacial score (nSPS) is 12.9. The number of aliphatic hydroxyl groups excluding tert-OH is 1. The fourth-order valence-electron chi connectivity index (χ4n) is 1.52. The summed E-state index contributed by atoms with van der Waals surface area (Å²) >= 11 is 0. The van der Waals surface area contributed by atoms with E-state index in [0.29, 0.717) is 0 Å². The summed E-state index contributed by atoms with van der Waals surface area (Å²) in [6.45, 7) is 2.62. The number of anilines is 1. The van der Waals surface area contributed by atoms with Crippen LogP contribution in [0.5, 0.6) is 0 Å². The van der Waals surface area contributed by atoms with Gasteiger partial charge in [-0.25, -0.2) is 9.50 Å². The quantitative estimate of drug-likeness (QED) is 0.746. The van der Waals surface area contributed by atoms with Crippen molar-refractivity contribution in [2.24, 2.45) is 0 Å². The van der Waals surface area contributed by atoms with Crippen molar-refractivity contribution in [1.29, 1.82) is 0 Å². The average Bonchev–Trinajstić information content (AvgIpc) is 2.71. The van der Waals surface area contributed by atoms with Gasteiger partial charge in [0.15, 0.2) is 5.65 Å². The van der Waals surface area contributed by atoms with Gasteiger partial charge in [0.1, 0.15) is 5.82 Å². The maximum Gasteiger partial charge on any atom is 0.157 e. The van der Waals surface area contributed by atoms with E-state index in [-0.39, 0.29) is 6.10 Å². The minimum absolute atomic E-state index is 0.230. The first kappa shape index (κ1) is 10.9. The van der Waals surface area contributed by atoms with E-state index in [1.54, 1.807) is 17.6 Å². The van der Waals surface area contributed by atoms with Crippen LogP contribution in [0.4, 0.5) is 5.82 Å². The Morgan fingerprint density at radius 3 is 3.19 bits per heavy atom. The molecule has 0 fully saturated rings. The number of nitrogens with one attached hydrogen (secondary N) is 1. The molecule has 2 rings (SSSR count). The van der Waals surface area contributed by atoms with E-state index in [2.05, 4.69) is 15.4 Å². The van der Waals surface area contributed by atoms with Crippen molar-refractivity contribution in [2.45, 2.75) is 25.9 Å². The zero-order valence-corrected chi connectivity index (χ0v) is 9.30. The summed E-state index contributed by atoms with van der Waals surface area (Å²) < 4.78 is 1.72. The molecule has 0 aromatic carbocycles. The van der Waals surface area contributed by atoms with Gasteiger partial charge in [0.2, 0.25) is 0 Å². The van der Waals surface area contributed by atoms with Crippen LogP contribution in [0.15, 0.2) is 24.5 Å². The molecule has 86 valence electrons. The topological polar surface area (TPSA) is 62.5 Å². The van der Waals surface area contributed by atoms with Crippen LogP contribution in [0.1, 0.15) is 19.8 Å². The van der Waals surface area contributed by atoms with Crippen LogP contribution >= 0.6 is 0 Å². The summed E-state index contributed by atoms with van der Waals surface area (Å²) in [5, 5.41) is 16.4. The van der Waals surface area contributed by atoms with Gasteiger partial charge in [-0.05, 0) is 25.8 Å². The number of rotatable bonds is 5. The molecule has 1 unspecified atom stereocenters. The molecule has 2 aromatic rings. The van der Waals surface area contributed by atoms with Gasteiger partial charge in [0, 0.05) is 18.8 Å². The second-order valence-electron chi connectivity index (χ2n) is 3.86. The highest BCUT2D eigenvalue weighted by molar-refractivity contribution is 5.45. The van der Waals surface area contributed by atoms with Crippen molar-refractivity contribution in [1.82, 2.24) is 14.6 Å². The van der Waals surface area contributed by atoms with Crippen LogP contribution in [0, 0.1) is 0 Å². The maximum atomic E-state index is 9.11. The predicted molar refractivity (Wildman–Crippen MR) is 62.4 cm³/mol. The summed E-state index contributed by atoms with van der Waals surface area (Å²) in [6.07, 6.45) is 5.11. The molecule has 0 spiro atoms. The molecule has 0 radical (unpaired) electrons. The number of aliphatic hydroxyl groups is 1. The van der Waals surface area contributed by atoms with E-state index >= 15 is 0 Å². The van der Waals surface area contributed by atoms with Crippen molar-refractivity contribution < 1.29 is 5.11 Å². The molecule has 0 aliphatic rings. The van der Waals surface area contributed by atoms with Crippen LogP contribution in [0.2, 0.25) is 0 Å². The van der Waals surface area contributed by atoms with E-state index < -0.39 is 0 Å². The molecular weight excluding hydrogens is 204 g/mol. The van der Waals surface area contributed by atoms with E-state index in [9.17, 15) is 0 Å². The van der Waals surface area contributed by atoms with Gasteiger partial charge in [-0.1, -0.05) is 0 Å². The Morgan fingerprint density at radius 2 is 2.38 bits per heavy atom. The lowest BCUT2D eigenvalue weighted by atomic mass is 10.2. The van der Waals surface area contributed by atoms with Crippen molar-refractivity contribution in [3.63, 3.8) is 0 Å². The fourth-order valence-corrected chi connectivity index (χ4v) is 1.52. The number of hydrogen-bond acceptors (Lipinski definition) is 4. The first-order valence-corrected chi connectivity index (χ1v) is 5.48. The maximum absolute atomic E-state index is 9.11.